The molecule has 2 heterocycles. The van der Waals surface area contributed by atoms with Crippen LogP contribution in [0.3, 0.4) is 0 Å². The molecule has 0 aromatic heterocycles. The lowest BCUT2D eigenvalue weighted by atomic mass is 9.79. The van der Waals surface area contributed by atoms with Gasteiger partial charge in [0, 0.05) is 31.6 Å². The summed E-state index contributed by atoms with van der Waals surface area (Å²) >= 11 is 0. The number of nitrogens with two attached hydrogens (primary N) is 1. The Hall–Kier alpha value is -1.92. The smallest absolute Gasteiger partial charge is 0.248 e. The van der Waals surface area contributed by atoms with Crippen molar-refractivity contribution in [3.63, 3.8) is 0 Å². The van der Waals surface area contributed by atoms with Gasteiger partial charge in [0.25, 0.3) is 0 Å². The fourth-order valence-electron chi connectivity index (χ4n) is 4.24. The SMILES string of the molecule is NC(=O)COCC(=O)N1CCC2(CCCN(CCc3ccccc3)C2)C1. The van der Waals surface area contributed by atoms with E-state index in [-0.39, 0.29) is 24.5 Å². The molecule has 0 saturated carbocycles. The average molecular weight is 359 g/mol. The monoisotopic (exact) mass is 359 g/mol. The molecule has 26 heavy (non-hydrogen) atoms. The van der Waals surface area contributed by atoms with Crippen LogP contribution in [0.5, 0.6) is 0 Å². The molecule has 2 N–H and O–H groups in total. The molecule has 2 fully saturated rings. The number of rotatable bonds is 7. The minimum absolute atomic E-state index is 0.0375. The second-order valence-electron chi connectivity index (χ2n) is 7.64. The molecule has 6 nitrogen and oxygen atoms in total. The highest BCUT2D eigenvalue weighted by molar-refractivity contribution is 5.79. The Morgan fingerprint density at radius 1 is 1.08 bits per heavy atom. The molecule has 3 rings (SSSR count). The van der Waals surface area contributed by atoms with E-state index in [1.807, 2.05) is 4.90 Å². The predicted molar refractivity (Wildman–Crippen MR) is 99.5 cm³/mol. The van der Waals surface area contributed by atoms with Crippen LogP contribution >= 0.6 is 0 Å². The van der Waals surface area contributed by atoms with Crippen molar-refractivity contribution in [2.24, 2.45) is 11.1 Å². The van der Waals surface area contributed by atoms with Gasteiger partial charge in [-0.1, -0.05) is 30.3 Å². The number of amides is 2. The van der Waals surface area contributed by atoms with E-state index in [1.54, 1.807) is 0 Å². The van der Waals surface area contributed by atoms with Crippen molar-refractivity contribution < 1.29 is 14.3 Å². The van der Waals surface area contributed by atoms with Crippen LogP contribution < -0.4 is 5.73 Å². The largest absolute Gasteiger partial charge is 0.368 e. The van der Waals surface area contributed by atoms with Gasteiger partial charge in [-0.3, -0.25) is 9.59 Å². The van der Waals surface area contributed by atoms with E-state index in [2.05, 4.69) is 35.2 Å². The van der Waals surface area contributed by atoms with Crippen LogP contribution in [0.25, 0.3) is 0 Å². The molecule has 2 aliphatic rings. The first-order valence-corrected chi connectivity index (χ1v) is 9.46. The summed E-state index contributed by atoms with van der Waals surface area (Å²) in [6, 6.07) is 10.6. The Morgan fingerprint density at radius 3 is 2.65 bits per heavy atom. The van der Waals surface area contributed by atoms with Crippen LogP contribution in [-0.2, 0) is 20.7 Å². The number of nitrogens with zero attached hydrogens (tertiary/aromatic N) is 2. The van der Waals surface area contributed by atoms with Gasteiger partial charge in [-0.25, -0.2) is 0 Å². The number of benzene rings is 1. The van der Waals surface area contributed by atoms with Crippen LogP contribution in [0.2, 0.25) is 0 Å². The Morgan fingerprint density at radius 2 is 1.88 bits per heavy atom. The minimum atomic E-state index is -0.544. The second-order valence-corrected chi connectivity index (χ2v) is 7.64. The van der Waals surface area contributed by atoms with Crippen molar-refractivity contribution in [2.75, 3.05) is 45.9 Å². The zero-order valence-electron chi connectivity index (χ0n) is 15.4. The van der Waals surface area contributed by atoms with Crippen LogP contribution in [0.15, 0.2) is 30.3 Å². The van der Waals surface area contributed by atoms with Gasteiger partial charge in [0.05, 0.1) is 0 Å². The average Bonchev–Trinajstić information content (AvgIpc) is 3.04. The molecule has 0 bridgehead atoms. The first-order chi connectivity index (χ1) is 12.6. The number of hydrogen-bond donors (Lipinski definition) is 1. The highest BCUT2D eigenvalue weighted by Crippen LogP contribution is 2.39. The van der Waals surface area contributed by atoms with Crippen molar-refractivity contribution in [3.8, 4) is 0 Å². The Labute approximate surface area is 155 Å². The third kappa shape index (κ3) is 5.05. The van der Waals surface area contributed by atoms with Gasteiger partial charge in [0.2, 0.25) is 11.8 Å². The molecule has 6 heteroatoms. The molecule has 1 spiro atoms. The number of hydrogen-bond acceptors (Lipinski definition) is 4. The summed E-state index contributed by atoms with van der Waals surface area (Å²) in [4.78, 5) is 27.4. The highest BCUT2D eigenvalue weighted by atomic mass is 16.5. The van der Waals surface area contributed by atoms with Gasteiger partial charge in [-0.15, -0.1) is 0 Å². The summed E-state index contributed by atoms with van der Waals surface area (Å²) in [5.41, 5.74) is 6.63. The van der Waals surface area contributed by atoms with Crippen LogP contribution in [-0.4, -0.2) is 67.6 Å². The highest BCUT2D eigenvalue weighted by Gasteiger charge is 2.42. The Balaban J connectivity index is 1.47. The van der Waals surface area contributed by atoms with Gasteiger partial charge in [0.15, 0.2) is 0 Å². The zero-order valence-corrected chi connectivity index (χ0v) is 15.4. The fraction of sp³-hybridized carbons (Fsp3) is 0.600. The molecule has 1 aromatic rings. The van der Waals surface area contributed by atoms with Gasteiger partial charge in [-0.2, -0.15) is 0 Å². The molecule has 0 aliphatic carbocycles. The summed E-state index contributed by atoms with van der Waals surface area (Å²) in [6.07, 6.45) is 4.49. The number of likely N-dealkylation sites (tertiary alicyclic amines) is 2. The normalized spacial score (nSPS) is 23.5. The van der Waals surface area contributed by atoms with E-state index < -0.39 is 5.91 Å². The van der Waals surface area contributed by atoms with E-state index in [9.17, 15) is 9.59 Å². The second kappa shape index (κ2) is 8.64. The number of piperidine rings is 1. The maximum absolute atomic E-state index is 12.3. The van der Waals surface area contributed by atoms with Gasteiger partial charge >= 0.3 is 0 Å². The number of ether oxygens (including phenoxy) is 1. The molecule has 2 amide bonds. The molecule has 2 saturated heterocycles. The lowest BCUT2D eigenvalue weighted by Crippen LogP contribution is -2.46. The van der Waals surface area contributed by atoms with Crippen LogP contribution in [0, 0.1) is 5.41 Å². The quantitative estimate of drug-likeness (QED) is 0.789. The van der Waals surface area contributed by atoms with Crippen LogP contribution in [0.1, 0.15) is 24.8 Å². The maximum Gasteiger partial charge on any atom is 0.248 e. The molecule has 0 radical (unpaired) electrons. The molecular formula is C20H29N3O3. The molecule has 1 unspecified atom stereocenters. The number of primary amides is 1. The molecular weight excluding hydrogens is 330 g/mol. The summed E-state index contributed by atoms with van der Waals surface area (Å²) in [6.45, 7) is 4.60. The zero-order chi connectivity index (χ0) is 18.4. The van der Waals surface area contributed by atoms with Crippen molar-refractivity contribution in [2.45, 2.75) is 25.7 Å². The standard InChI is InChI=1S/C20H29N3O3/c21-18(24)13-26-14-19(25)23-12-9-20(16-23)8-4-10-22(15-20)11-7-17-5-2-1-3-6-17/h1-3,5-6H,4,7-16H2,(H2,21,24). The third-order valence-corrected chi connectivity index (χ3v) is 5.56. The summed E-state index contributed by atoms with van der Waals surface area (Å²) in [7, 11) is 0. The molecule has 1 aromatic carbocycles. The number of carbonyl (C=O) groups excluding carboxylic acids is 2. The molecule has 142 valence electrons. The topological polar surface area (TPSA) is 75.9 Å². The minimum Gasteiger partial charge on any atom is -0.368 e. The van der Waals surface area contributed by atoms with Crippen LogP contribution in [0.4, 0.5) is 0 Å². The Bertz CT molecular complexity index is 622. The third-order valence-electron chi connectivity index (χ3n) is 5.56. The molecule has 1 atom stereocenters. The van der Waals surface area contributed by atoms with Crippen molar-refractivity contribution in [1.29, 1.82) is 0 Å². The Kier molecular flexibility index (Phi) is 6.27. The van der Waals surface area contributed by atoms with E-state index in [0.29, 0.717) is 0 Å². The number of carbonyl (C=O) groups is 2. The van der Waals surface area contributed by atoms with Crippen molar-refractivity contribution >= 4 is 11.8 Å². The van der Waals surface area contributed by atoms with Gasteiger partial charge in [0.1, 0.15) is 13.2 Å². The van der Waals surface area contributed by atoms with E-state index in [1.165, 1.54) is 18.4 Å². The summed E-state index contributed by atoms with van der Waals surface area (Å²) < 4.78 is 5.08. The lowest BCUT2D eigenvalue weighted by molar-refractivity contribution is -0.137. The summed E-state index contributed by atoms with van der Waals surface area (Å²) in [5.74, 6) is -0.582. The van der Waals surface area contributed by atoms with Gasteiger partial charge < -0.3 is 20.3 Å². The predicted octanol–water partition coefficient (Wildman–Crippen LogP) is 1.05. The fourth-order valence-corrected chi connectivity index (χ4v) is 4.24. The van der Waals surface area contributed by atoms with Gasteiger partial charge in [-0.05, 0) is 37.8 Å². The first-order valence-electron chi connectivity index (χ1n) is 9.46. The van der Waals surface area contributed by atoms with E-state index in [0.717, 1.165) is 45.6 Å². The molecule has 2 aliphatic heterocycles. The van der Waals surface area contributed by atoms with E-state index in [4.69, 9.17) is 10.5 Å². The lowest BCUT2D eigenvalue weighted by Gasteiger charge is -2.40. The van der Waals surface area contributed by atoms with Crippen molar-refractivity contribution in [3.05, 3.63) is 35.9 Å². The van der Waals surface area contributed by atoms with E-state index >= 15 is 0 Å². The first kappa shape index (κ1) is 18.9. The summed E-state index contributed by atoms with van der Waals surface area (Å²) in [5, 5.41) is 0. The maximum atomic E-state index is 12.3. The van der Waals surface area contributed by atoms with Crippen molar-refractivity contribution in [1.82, 2.24) is 9.80 Å².